The van der Waals surface area contributed by atoms with Gasteiger partial charge in [-0.15, -0.1) is 11.8 Å². The maximum Gasteiger partial charge on any atom is 0.0700 e. The van der Waals surface area contributed by atoms with Crippen LogP contribution >= 0.6 is 11.8 Å². The van der Waals surface area contributed by atoms with E-state index >= 15 is 0 Å². The summed E-state index contributed by atoms with van der Waals surface area (Å²) in [5.74, 6) is 1.12. The van der Waals surface area contributed by atoms with E-state index in [0.717, 1.165) is 31.9 Å². The van der Waals surface area contributed by atoms with Crippen molar-refractivity contribution in [1.82, 2.24) is 5.32 Å². The Morgan fingerprint density at radius 3 is 2.63 bits per heavy atom. The van der Waals surface area contributed by atoms with Crippen LogP contribution in [0.4, 0.5) is 0 Å². The number of benzene rings is 1. The Hall–Kier alpha value is -0.550. The highest BCUT2D eigenvalue weighted by atomic mass is 32.2. The average molecular weight is 283 g/mol. The van der Waals surface area contributed by atoms with Gasteiger partial charge in [-0.05, 0) is 31.5 Å². The lowest BCUT2D eigenvalue weighted by atomic mass is 10.3. The van der Waals surface area contributed by atoms with Crippen LogP contribution in [0.3, 0.4) is 0 Å². The molecule has 0 atom stereocenters. The molecule has 0 spiro atoms. The van der Waals surface area contributed by atoms with Crippen molar-refractivity contribution in [3.8, 4) is 0 Å². The molecule has 0 bridgehead atoms. The Labute approximate surface area is 121 Å². The van der Waals surface area contributed by atoms with Crippen LogP contribution in [0.2, 0.25) is 0 Å². The van der Waals surface area contributed by atoms with Crippen LogP contribution in [0.15, 0.2) is 35.2 Å². The van der Waals surface area contributed by atoms with Gasteiger partial charge < -0.3 is 14.8 Å². The van der Waals surface area contributed by atoms with Crippen molar-refractivity contribution in [3.05, 3.63) is 30.3 Å². The van der Waals surface area contributed by atoms with Gasteiger partial charge in [0, 0.05) is 30.9 Å². The summed E-state index contributed by atoms with van der Waals surface area (Å²) >= 11 is 1.90. The minimum absolute atomic E-state index is 0.689. The molecule has 19 heavy (non-hydrogen) atoms. The lowest BCUT2D eigenvalue weighted by molar-refractivity contribution is 0.0688. The third-order valence-corrected chi connectivity index (χ3v) is 3.63. The second kappa shape index (κ2) is 12.5. The van der Waals surface area contributed by atoms with Gasteiger partial charge in [0.15, 0.2) is 0 Å². The molecule has 1 rings (SSSR count). The topological polar surface area (TPSA) is 30.5 Å². The molecular formula is C15H25NO2S. The maximum atomic E-state index is 5.40. The van der Waals surface area contributed by atoms with Gasteiger partial charge in [-0.1, -0.05) is 18.2 Å². The number of rotatable bonds is 12. The summed E-state index contributed by atoms with van der Waals surface area (Å²) in [6, 6.07) is 10.5. The summed E-state index contributed by atoms with van der Waals surface area (Å²) in [4.78, 5) is 1.34. The molecule has 0 heterocycles. The normalized spacial score (nSPS) is 10.8. The molecule has 0 saturated heterocycles. The van der Waals surface area contributed by atoms with Crippen molar-refractivity contribution in [2.45, 2.75) is 17.7 Å². The zero-order valence-corrected chi connectivity index (χ0v) is 12.6. The summed E-state index contributed by atoms with van der Waals surface area (Å²) in [6.07, 6.45) is 2.28. The molecule has 0 aliphatic heterocycles. The molecule has 0 saturated carbocycles. The summed E-state index contributed by atoms with van der Waals surface area (Å²) in [7, 11) is 1.70. The van der Waals surface area contributed by atoms with Crippen LogP contribution in [0.25, 0.3) is 0 Å². The molecular weight excluding hydrogens is 258 g/mol. The number of nitrogens with one attached hydrogen (secondary N) is 1. The molecule has 1 aromatic rings. The second-order valence-corrected chi connectivity index (χ2v) is 5.39. The minimum atomic E-state index is 0.689. The van der Waals surface area contributed by atoms with Gasteiger partial charge in [0.25, 0.3) is 0 Å². The van der Waals surface area contributed by atoms with E-state index in [1.807, 2.05) is 11.8 Å². The fourth-order valence-electron chi connectivity index (χ4n) is 1.58. The van der Waals surface area contributed by atoms with Crippen LogP contribution in [-0.2, 0) is 9.47 Å². The first-order valence-corrected chi connectivity index (χ1v) is 7.87. The van der Waals surface area contributed by atoms with Gasteiger partial charge in [-0.2, -0.15) is 0 Å². The van der Waals surface area contributed by atoms with Crippen molar-refractivity contribution in [2.75, 3.05) is 45.8 Å². The number of methoxy groups -OCH3 is 1. The average Bonchev–Trinajstić information content (AvgIpc) is 2.46. The third-order valence-electron chi connectivity index (χ3n) is 2.61. The highest BCUT2D eigenvalue weighted by molar-refractivity contribution is 7.99. The molecule has 0 fully saturated rings. The molecule has 0 radical (unpaired) electrons. The standard InChI is InChI=1S/C15H25NO2S/c1-17-12-13-18-11-6-5-9-16-10-14-19-15-7-3-2-4-8-15/h2-4,7-8,16H,5-6,9-14H2,1H3. The van der Waals surface area contributed by atoms with Crippen molar-refractivity contribution in [3.63, 3.8) is 0 Å². The first-order valence-electron chi connectivity index (χ1n) is 6.88. The summed E-state index contributed by atoms with van der Waals surface area (Å²) in [5, 5.41) is 3.46. The van der Waals surface area contributed by atoms with Crippen LogP contribution in [0.5, 0.6) is 0 Å². The maximum absolute atomic E-state index is 5.40. The molecule has 1 N–H and O–H groups in total. The number of unbranched alkanes of at least 4 members (excludes halogenated alkanes) is 1. The molecule has 4 heteroatoms. The Balaban J connectivity index is 1.79. The van der Waals surface area contributed by atoms with Crippen LogP contribution in [-0.4, -0.2) is 45.8 Å². The molecule has 0 unspecified atom stereocenters. The Morgan fingerprint density at radius 1 is 1.00 bits per heavy atom. The predicted molar refractivity (Wildman–Crippen MR) is 82.0 cm³/mol. The van der Waals surface area contributed by atoms with Gasteiger partial charge in [0.05, 0.1) is 13.2 Å². The zero-order valence-electron chi connectivity index (χ0n) is 11.8. The molecule has 0 aliphatic carbocycles. The van der Waals surface area contributed by atoms with E-state index in [9.17, 15) is 0 Å². The SMILES string of the molecule is COCCOCCCCNCCSc1ccccc1. The lowest BCUT2D eigenvalue weighted by Gasteiger charge is -2.05. The molecule has 3 nitrogen and oxygen atoms in total. The predicted octanol–water partition coefficient (Wildman–Crippen LogP) is 2.81. The monoisotopic (exact) mass is 283 g/mol. The van der Waals surface area contributed by atoms with E-state index in [2.05, 4.69) is 35.6 Å². The van der Waals surface area contributed by atoms with E-state index in [1.165, 1.54) is 11.3 Å². The van der Waals surface area contributed by atoms with Crippen LogP contribution in [0, 0.1) is 0 Å². The van der Waals surface area contributed by atoms with Crippen molar-refractivity contribution in [1.29, 1.82) is 0 Å². The van der Waals surface area contributed by atoms with Gasteiger partial charge in [-0.25, -0.2) is 0 Å². The quantitative estimate of drug-likeness (QED) is 0.472. The minimum Gasteiger partial charge on any atom is -0.382 e. The van der Waals surface area contributed by atoms with Crippen molar-refractivity contribution < 1.29 is 9.47 Å². The summed E-state index contributed by atoms with van der Waals surface area (Å²) < 4.78 is 10.3. The first-order chi connectivity index (χ1) is 9.43. The van der Waals surface area contributed by atoms with Crippen molar-refractivity contribution in [2.24, 2.45) is 0 Å². The Morgan fingerprint density at radius 2 is 1.84 bits per heavy atom. The zero-order chi connectivity index (χ0) is 13.6. The van der Waals surface area contributed by atoms with E-state index in [0.29, 0.717) is 13.2 Å². The van der Waals surface area contributed by atoms with Gasteiger partial charge in [-0.3, -0.25) is 0 Å². The van der Waals surface area contributed by atoms with E-state index < -0.39 is 0 Å². The Bertz CT molecular complexity index is 295. The van der Waals surface area contributed by atoms with E-state index in [4.69, 9.17) is 9.47 Å². The van der Waals surface area contributed by atoms with Crippen LogP contribution < -0.4 is 5.32 Å². The number of ether oxygens (including phenoxy) is 2. The molecule has 108 valence electrons. The molecule has 0 aromatic heterocycles. The van der Waals surface area contributed by atoms with Crippen molar-refractivity contribution >= 4 is 11.8 Å². The van der Waals surface area contributed by atoms with E-state index in [-0.39, 0.29) is 0 Å². The number of hydrogen-bond acceptors (Lipinski definition) is 4. The van der Waals surface area contributed by atoms with Crippen LogP contribution in [0.1, 0.15) is 12.8 Å². The second-order valence-electron chi connectivity index (χ2n) is 4.22. The lowest BCUT2D eigenvalue weighted by Crippen LogP contribution is -2.18. The van der Waals surface area contributed by atoms with Gasteiger partial charge in [0.1, 0.15) is 0 Å². The number of hydrogen-bond donors (Lipinski definition) is 1. The summed E-state index contributed by atoms with van der Waals surface area (Å²) in [6.45, 7) is 4.36. The fraction of sp³-hybridized carbons (Fsp3) is 0.600. The number of thioether (sulfide) groups is 1. The highest BCUT2D eigenvalue weighted by Gasteiger charge is 1.93. The van der Waals surface area contributed by atoms with Gasteiger partial charge >= 0.3 is 0 Å². The third kappa shape index (κ3) is 9.96. The smallest absolute Gasteiger partial charge is 0.0700 e. The molecule has 0 amide bonds. The highest BCUT2D eigenvalue weighted by Crippen LogP contribution is 2.15. The first kappa shape index (κ1) is 16.5. The largest absolute Gasteiger partial charge is 0.382 e. The van der Waals surface area contributed by atoms with E-state index in [1.54, 1.807) is 7.11 Å². The molecule has 1 aromatic carbocycles. The summed E-state index contributed by atoms with van der Waals surface area (Å²) in [5.41, 5.74) is 0. The van der Waals surface area contributed by atoms with Gasteiger partial charge in [0.2, 0.25) is 0 Å². The molecule has 0 aliphatic rings. The fourth-order valence-corrected chi connectivity index (χ4v) is 2.41. The Kier molecular flexibility index (Phi) is 10.8.